The molecule has 1 N–H and O–H groups in total. The fourth-order valence-electron chi connectivity index (χ4n) is 1.08. The first-order valence-corrected chi connectivity index (χ1v) is 6.63. The molecule has 0 fully saturated rings. The fraction of sp³-hybridized carbons (Fsp3) is 0.818. The Labute approximate surface area is 101 Å². The molecule has 1 aromatic heterocycles. The van der Waals surface area contributed by atoms with E-state index in [4.69, 9.17) is 4.74 Å². The van der Waals surface area contributed by atoms with Crippen LogP contribution in [0.1, 0.15) is 39.1 Å². The monoisotopic (exact) mass is 243 g/mol. The van der Waals surface area contributed by atoms with Crippen LogP contribution in [0.5, 0.6) is 5.19 Å². The third kappa shape index (κ3) is 4.90. The highest BCUT2D eigenvalue weighted by Gasteiger charge is 2.07. The molecule has 4 nitrogen and oxygen atoms in total. The molecular formula is C11H21N3OS. The van der Waals surface area contributed by atoms with Gasteiger partial charge in [-0.1, -0.05) is 37.2 Å². The van der Waals surface area contributed by atoms with Crippen molar-refractivity contribution in [1.29, 1.82) is 0 Å². The topological polar surface area (TPSA) is 47.0 Å². The van der Waals surface area contributed by atoms with Crippen LogP contribution in [-0.2, 0) is 6.54 Å². The maximum absolute atomic E-state index is 5.59. The van der Waals surface area contributed by atoms with Crippen molar-refractivity contribution in [3.63, 3.8) is 0 Å². The zero-order valence-electron chi connectivity index (χ0n) is 10.5. The second-order valence-electron chi connectivity index (χ2n) is 4.32. The Morgan fingerprint density at radius 3 is 2.69 bits per heavy atom. The molecule has 0 aliphatic rings. The standard InChI is InChI=1S/C11H21N3OS/c1-5-9(4)15-11-14-13-10(16-11)7-12-6-8(2)3/h8-9,12H,5-7H2,1-4H3. The molecule has 0 aliphatic carbocycles. The summed E-state index contributed by atoms with van der Waals surface area (Å²) in [5.41, 5.74) is 0. The van der Waals surface area contributed by atoms with Crippen LogP contribution in [-0.4, -0.2) is 22.8 Å². The van der Waals surface area contributed by atoms with Gasteiger partial charge in [-0.25, -0.2) is 0 Å². The van der Waals surface area contributed by atoms with Crippen LogP contribution in [0.3, 0.4) is 0 Å². The van der Waals surface area contributed by atoms with Crippen molar-refractivity contribution >= 4 is 11.3 Å². The number of nitrogens with zero attached hydrogens (tertiary/aromatic N) is 2. The molecule has 0 radical (unpaired) electrons. The van der Waals surface area contributed by atoms with Crippen LogP contribution >= 0.6 is 11.3 Å². The van der Waals surface area contributed by atoms with E-state index in [0.29, 0.717) is 11.1 Å². The lowest BCUT2D eigenvalue weighted by molar-refractivity contribution is 0.215. The molecule has 0 bridgehead atoms. The van der Waals surface area contributed by atoms with E-state index in [0.717, 1.165) is 24.5 Å². The molecule has 0 amide bonds. The van der Waals surface area contributed by atoms with Crippen LogP contribution in [0.4, 0.5) is 0 Å². The Hall–Kier alpha value is -0.680. The molecule has 0 saturated heterocycles. The zero-order valence-corrected chi connectivity index (χ0v) is 11.3. The van der Waals surface area contributed by atoms with Crippen LogP contribution in [0, 0.1) is 5.92 Å². The lowest BCUT2D eigenvalue weighted by Crippen LogP contribution is -2.18. The highest BCUT2D eigenvalue weighted by atomic mass is 32.1. The molecule has 1 atom stereocenters. The summed E-state index contributed by atoms with van der Waals surface area (Å²) >= 11 is 1.52. The molecule has 0 spiro atoms. The van der Waals surface area contributed by atoms with Crippen molar-refractivity contribution in [2.45, 2.75) is 46.8 Å². The van der Waals surface area contributed by atoms with Crippen molar-refractivity contribution in [3.05, 3.63) is 5.01 Å². The Balaban J connectivity index is 2.33. The average molecular weight is 243 g/mol. The average Bonchev–Trinajstić information content (AvgIpc) is 2.65. The number of hydrogen-bond donors (Lipinski definition) is 1. The third-order valence-corrected chi connectivity index (χ3v) is 2.97. The third-order valence-electron chi connectivity index (χ3n) is 2.15. The maximum Gasteiger partial charge on any atom is 0.294 e. The Morgan fingerprint density at radius 2 is 2.06 bits per heavy atom. The van der Waals surface area contributed by atoms with E-state index in [1.807, 2.05) is 6.92 Å². The van der Waals surface area contributed by atoms with E-state index in [1.165, 1.54) is 11.3 Å². The minimum atomic E-state index is 0.212. The number of aromatic nitrogens is 2. The molecule has 1 rings (SSSR count). The Morgan fingerprint density at radius 1 is 1.31 bits per heavy atom. The fourth-order valence-corrected chi connectivity index (χ4v) is 1.83. The van der Waals surface area contributed by atoms with E-state index in [1.54, 1.807) is 0 Å². The number of rotatable bonds is 7. The van der Waals surface area contributed by atoms with Gasteiger partial charge >= 0.3 is 0 Å². The van der Waals surface area contributed by atoms with Gasteiger partial charge in [0.05, 0.1) is 6.10 Å². The molecule has 1 heterocycles. The summed E-state index contributed by atoms with van der Waals surface area (Å²) < 4.78 is 5.59. The SMILES string of the molecule is CCC(C)Oc1nnc(CNCC(C)C)s1. The summed E-state index contributed by atoms with van der Waals surface area (Å²) in [6, 6.07) is 0. The minimum Gasteiger partial charge on any atom is -0.466 e. The second kappa shape index (κ2) is 6.81. The number of ether oxygens (including phenoxy) is 1. The number of nitrogens with one attached hydrogen (secondary N) is 1. The molecule has 92 valence electrons. The van der Waals surface area contributed by atoms with Crippen molar-refractivity contribution in [2.75, 3.05) is 6.54 Å². The predicted octanol–water partition coefficient (Wildman–Crippen LogP) is 2.46. The van der Waals surface area contributed by atoms with E-state index in [9.17, 15) is 0 Å². The van der Waals surface area contributed by atoms with Gasteiger partial charge in [-0.05, 0) is 25.8 Å². The first kappa shape index (κ1) is 13.4. The summed E-state index contributed by atoms with van der Waals surface area (Å²) in [7, 11) is 0. The molecule has 0 aliphatic heterocycles. The Bertz CT molecular complexity index is 301. The summed E-state index contributed by atoms with van der Waals surface area (Å²) in [4.78, 5) is 0. The van der Waals surface area contributed by atoms with Gasteiger partial charge in [0.2, 0.25) is 0 Å². The molecule has 5 heteroatoms. The van der Waals surface area contributed by atoms with Crippen molar-refractivity contribution in [1.82, 2.24) is 15.5 Å². The first-order chi connectivity index (χ1) is 7.61. The van der Waals surface area contributed by atoms with Crippen molar-refractivity contribution in [2.24, 2.45) is 5.92 Å². The lowest BCUT2D eigenvalue weighted by atomic mass is 10.2. The highest BCUT2D eigenvalue weighted by Crippen LogP contribution is 2.19. The predicted molar refractivity (Wildman–Crippen MR) is 66.8 cm³/mol. The van der Waals surface area contributed by atoms with Crippen molar-refractivity contribution < 1.29 is 4.74 Å². The van der Waals surface area contributed by atoms with E-state index >= 15 is 0 Å². The normalized spacial score (nSPS) is 13.1. The second-order valence-corrected chi connectivity index (χ2v) is 5.35. The first-order valence-electron chi connectivity index (χ1n) is 5.81. The number of hydrogen-bond acceptors (Lipinski definition) is 5. The molecule has 0 aromatic carbocycles. The highest BCUT2D eigenvalue weighted by molar-refractivity contribution is 7.13. The van der Waals surface area contributed by atoms with E-state index < -0.39 is 0 Å². The van der Waals surface area contributed by atoms with Gasteiger partial charge in [0.15, 0.2) is 0 Å². The molecular weight excluding hydrogens is 222 g/mol. The lowest BCUT2D eigenvalue weighted by Gasteiger charge is -2.07. The smallest absolute Gasteiger partial charge is 0.294 e. The molecule has 0 saturated carbocycles. The van der Waals surface area contributed by atoms with Gasteiger partial charge in [0.1, 0.15) is 5.01 Å². The van der Waals surface area contributed by atoms with Crippen LogP contribution in [0.15, 0.2) is 0 Å². The maximum atomic E-state index is 5.59. The van der Waals surface area contributed by atoms with Crippen molar-refractivity contribution in [3.8, 4) is 5.19 Å². The Kier molecular flexibility index (Phi) is 5.69. The minimum absolute atomic E-state index is 0.212. The van der Waals surface area contributed by atoms with Crippen LogP contribution < -0.4 is 10.1 Å². The van der Waals surface area contributed by atoms with Gasteiger partial charge < -0.3 is 10.1 Å². The summed E-state index contributed by atoms with van der Waals surface area (Å²) in [6.07, 6.45) is 1.20. The molecule has 1 unspecified atom stereocenters. The quantitative estimate of drug-likeness (QED) is 0.799. The van der Waals surface area contributed by atoms with Gasteiger partial charge in [-0.2, -0.15) is 0 Å². The zero-order chi connectivity index (χ0) is 12.0. The van der Waals surface area contributed by atoms with Crippen LogP contribution in [0.2, 0.25) is 0 Å². The largest absolute Gasteiger partial charge is 0.466 e. The van der Waals surface area contributed by atoms with Gasteiger partial charge in [0, 0.05) is 6.54 Å². The van der Waals surface area contributed by atoms with Gasteiger partial charge in [-0.3, -0.25) is 0 Å². The van der Waals surface area contributed by atoms with E-state index in [2.05, 4.69) is 36.3 Å². The van der Waals surface area contributed by atoms with Gasteiger partial charge in [0.25, 0.3) is 5.19 Å². The van der Waals surface area contributed by atoms with E-state index in [-0.39, 0.29) is 6.10 Å². The molecule has 16 heavy (non-hydrogen) atoms. The summed E-state index contributed by atoms with van der Waals surface area (Å²) in [5.74, 6) is 0.656. The summed E-state index contributed by atoms with van der Waals surface area (Å²) in [6.45, 7) is 10.3. The molecule has 1 aromatic rings. The summed E-state index contributed by atoms with van der Waals surface area (Å²) in [5, 5.41) is 13.1. The van der Waals surface area contributed by atoms with Gasteiger partial charge in [-0.15, -0.1) is 5.10 Å². The van der Waals surface area contributed by atoms with Crippen LogP contribution in [0.25, 0.3) is 0 Å².